The summed E-state index contributed by atoms with van der Waals surface area (Å²) < 4.78 is 5.80. The SMILES string of the molecule is CC(C)N(Cc1ccccc1)CC1CCC(C(=O)NN)O1. The van der Waals surface area contributed by atoms with Crippen LogP contribution in [0.2, 0.25) is 0 Å². The minimum absolute atomic E-state index is 0.0958. The maximum absolute atomic E-state index is 11.5. The van der Waals surface area contributed by atoms with Gasteiger partial charge in [0.25, 0.3) is 5.91 Å². The highest BCUT2D eigenvalue weighted by Crippen LogP contribution is 2.22. The zero-order valence-electron chi connectivity index (χ0n) is 12.8. The fourth-order valence-corrected chi connectivity index (χ4v) is 2.66. The van der Waals surface area contributed by atoms with Gasteiger partial charge in [-0.05, 0) is 32.3 Å². The van der Waals surface area contributed by atoms with Crippen LogP contribution in [0, 0.1) is 0 Å². The molecule has 0 radical (unpaired) electrons. The van der Waals surface area contributed by atoms with Crippen molar-refractivity contribution in [2.75, 3.05) is 6.54 Å². The van der Waals surface area contributed by atoms with Gasteiger partial charge in [-0.15, -0.1) is 0 Å². The van der Waals surface area contributed by atoms with Gasteiger partial charge in [-0.2, -0.15) is 0 Å². The van der Waals surface area contributed by atoms with Gasteiger partial charge in [0, 0.05) is 19.1 Å². The molecule has 1 heterocycles. The van der Waals surface area contributed by atoms with Crippen LogP contribution in [-0.2, 0) is 16.1 Å². The minimum atomic E-state index is -0.397. The zero-order valence-corrected chi connectivity index (χ0v) is 12.8. The van der Waals surface area contributed by atoms with Crippen molar-refractivity contribution in [1.29, 1.82) is 0 Å². The second-order valence-corrected chi connectivity index (χ2v) is 5.84. The number of nitrogens with two attached hydrogens (primary N) is 1. The molecule has 21 heavy (non-hydrogen) atoms. The summed E-state index contributed by atoms with van der Waals surface area (Å²) in [5.41, 5.74) is 3.46. The highest BCUT2D eigenvalue weighted by molar-refractivity contribution is 5.80. The lowest BCUT2D eigenvalue weighted by Gasteiger charge is -2.29. The van der Waals surface area contributed by atoms with Crippen LogP contribution in [0.1, 0.15) is 32.3 Å². The number of rotatable bonds is 6. The van der Waals surface area contributed by atoms with Gasteiger partial charge >= 0.3 is 0 Å². The van der Waals surface area contributed by atoms with Crippen LogP contribution in [0.4, 0.5) is 0 Å². The van der Waals surface area contributed by atoms with E-state index in [1.54, 1.807) is 0 Å². The molecule has 2 rings (SSSR count). The third-order valence-electron chi connectivity index (χ3n) is 3.94. The van der Waals surface area contributed by atoms with Gasteiger partial charge in [-0.1, -0.05) is 30.3 Å². The molecule has 1 fully saturated rings. The molecule has 1 aromatic rings. The first-order valence-corrected chi connectivity index (χ1v) is 7.54. The number of ether oxygens (including phenoxy) is 1. The molecule has 1 aliphatic heterocycles. The van der Waals surface area contributed by atoms with Gasteiger partial charge in [-0.25, -0.2) is 5.84 Å². The molecule has 0 saturated carbocycles. The zero-order chi connectivity index (χ0) is 15.2. The summed E-state index contributed by atoms with van der Waals surface area (Å²) in [6.45, 7) is 6.09. The normalized spacial score (nSPS) is 22.0. The van der Waals surface area contributed by atoms with Crippen LogP contribution in [0.3, 0.4) is 0 Å². The van der Waals surface area contributed by atoms with Gasteiger partial charge < -0.3 is 4.74 Å². The Morgan fingerprint density at radius 1 is 1.38 bits per heavy atom. The van der Waals surface area contributed by atoms with Crippen LogP contribution in [0.25, 0.3) is 0 Å². The molecule has 0 spiro atoms. The van der Waals surface area contributed by atoms with Crippen molar-refractivity contribution in [1.82, 2.24) is 10.3 Å². The topological polar surface area (TPSA) is 67.6 Å². The molecule has 5 heteroatoms. The van der Waals surface area contributed by atoms with E-state index in [-0.39, 0.29) is 12.0 Å². The van der Waals surface area contributed by atoms with Crippen LogP contribution < -0.4 is 11.3 Å². The van der Waals surface area contributed by atoms with Crippen molar-refractivity contribution in [3.05, 3.63) is 35.9 Å². The molecule has 1 aliphatic rings. The first-order chi connectivity index (χ1) is 10.1. The lowest BCUT2D eigenvalue weighted by molar-refractivity contribution is -0.132. The lowest BCUT2D eigenvalue weighted by Crippen LogP contribution is -2.41. The fourth-order valence-electron chi connectivity index (χ4n) is 2.66. The first-order valence-electron chi connectivity index (χ1n) is 7.54. The van der Waals surface area contributed by atoms with Gasteiger partial charge in [0.05, 0.1) is 6.10 Å². The summed E-state index contributed by atoms with van der Waals surface area (Å²) in [7, 11) is 0. The molecule has 2 unspecified atom stereocenters. The number of carbonyl (C=O) groups excluding carboxylic acids is 1. The van der Waals surface area contributed by atoms with Crippen LogP contribution >= 0.6 is 0 Å². The summed E-state index contributed by atoms with van der Waals surface area (Å²) in [4.78, 5) is 13.9. The lowest BCUT2D eigenvalue weighted by atomic mass is 10.1. The highest BCUT2D eigenvalue weighted by Gasteiger charge is 2.31. The molecule has 1 saturated heterocycles. The average molecular weight is 291 g/mol. The van der Waals surface area contributed by atoms with E-state index in [0.29, 0.717) is 6.04 Å². The number of carbonyl (C=O) groups is 1. The molecule has 3 N–H and O–H groups in total. The maximum atomic E-state index is 11.5. The number of amides is 1. The van der Waals surface area contributed by atoms with E-state index in [9.17, 15) is 4.79 Å². The smallest absolute Gasteiger partial charge is 0.263 e. The fraction of sp³-hybridized carbons (Fsp3) is 0.562. The number of hydrogen-bond donors (Lipinski definition) is 2. The van der Waals surface area contributed by atoms with E-state index in [2.05, 4.69) is 48.4 Å². The van der Waals surface area contributed by atoms with E-state index < -0.39 is 6.10 Å². The Morgan fingerprint density at radius 2 is 2.10 bits per heavy atom. The Balaban J connectivity index is 1.90. The molecule has 0 aliphatic carbocycles. The van der Waals surface area contributed by atoms with Crippen LogP contribution in [0.5, 0.6) is 0 Å². The summed E-state index contributed by atoms with van der Waals surface area (Å²) in [5.74, 6) is 4.93. The predicted octanol–water partition coefficient (Wildman–Crippen LogP) is 1.43. The number of nitrogens with zero attached hydrogens (tertiary/aromatic N) is 1. The quantitative estimate of drug-likeness (QED) is 0.473. The van der Waals surface area contributed by atoms with Crippen molar-refractivity contribution >= 4 is 5.91 Å². The van der Waals surface area contributed by atoms with Crippen molar-refractivity contribution in [2.45, 2.75) is 51.5 Å². The molecule has 5 nitrogen and oxygen atoms in total. The van der Waals surface area contributed by atoms with E-state index >= 15 is 0 Å². The van der Waals surface area contributed by atoms with E-state index in [1.807, 2.05) is 6.07 Å². The second kappa shape index (κ2) is 7.54. The monoisotopic (exact) mass is 291 g/mol. The summed E-state index contributed by atoms with van der Waals surface area (Å²) >= 11 is 0. The van der Waals surface area contributed by atoms with Crippen molar-refractivity contribution in [3.8, 4) is 0 Å². The number of benzene rings is 1. The standard InChI is InChI=1S/C16H25N3O2/c1-12(2)19(10-13-6-4-3-5-7-13)11-14-8-9-15(21-14)16(20)18-17/h3-7,12,14-15H,8-11,17H2,1-2H3,(H,18,20). The Kier molecular flexibility index (Phi) is 5.73. The van der Waals surface area contributed by atoms with Crippen molar-refractivity contribution < 1.29 is 9.53 Å². The molecule has 0 aromatic heterocycles. The molecule has 1 aromatic carbocycles. The second-order valence-electron chi connectivity index (χ2n) is 5.84. The minimum Gasteiger partial charge on any atom is -0.364 e. The van der Waals surface area contributed by atoms with Crippen molar-refractivity contribution in [3.63, 3.8) is 0 Å². The largest absolute Gasteiger partial charge is 0.364 e. The van der Waals surface area contributed by atoms with Crippen LogP contribution in [0.15, 0.2) is 30.3 Å². The van der Waals surface area contributed by atoms with E-state index in [1.165, 1.54) is 5.56 Å². The maximum Gasteiger partial charge on any atom is 0.263 e. The number of nitrogens with one attached hydrogen (secondary N) is 1. The van der Waals surface area contributed by atoms with E-state index in [0.717, 1.165) is 25.9 Å². The third kappa shape index (κ3) is 4.52. The average Bonchev–Trinajstić information content (AvgIpc) is 2.95. The Morgan fingerprint density at radius 3 is 2.71 bits per heavy atom. The van der Waals surface area contributed by atoms with E-state index in [4.69, 9.17) is 10.6 Å². The van der Waals surface area contributed by atoms with Gasteiger partial charge in [-0.3, -0.25) is 15.1 Å². The molecule has 2 atom stereocenters. The van der Waals surface area contributed by atoms with Crippen molar-refractivity contribution in [2.24, 2.45) is 5.84 Å². The van der Waals surface area contributed by atoms with Gasteiger partial charge in [0.1, 0.15) is 6.10 Å². The van der Waals surface area contributed by atoms with Crippen LogP contribution in [-0.4, -0.2) is 35.6 Å². The van der Waals surface area contributed by atoms with Gasteiger partial charge in [0.2, 0.25) is 0 Å². The number of hydrogen-bond acceptors (Lipinski definition) is 4. The number of hydrazine groups is 1. The molecular formula is C16H25N3O2. The molecule has 1 amide bonds. The summed E-state index contributed by atoms with van der Waals surface area (Å²) in [6, 6.07) is 10.8. The highest BCUT2D eigenvalue weighted by atomic mass is 16.5. The third-order valence-corrected chi connectivity index (χ3v) is 3.94. The molecule has 0 bridgehead atoms. The Bertz CT molecular complexity index is 450. The molecular weight excluding hydrogens is 266 g/mol. The summed E-state index contributed by atoms with van der Waals surface area (Å²) in [5, 5.41) is 0. The Hall–Kier alpha value is -1.43. The Labute approximate surface area is 126 Å². The predicted molar refractivity (Wildman–Crippen MR) is 82.2 cm³/mol. The first kappa shape index (κ1) is 15.9. The van der Waals surface area contributed by atoms with Gasteiger partial charge in [0.15, 0.2) is 0 Å². The molecule has 116 valence electrons. The summed E-state index contributed by atoms with van der Waals surface area (Å²) in [6.07, 6.45) is 1.34.